The van der Waals surface area contributed by atoms with Crippen molar-refractivity contribution in [2.45, 2.75) is 13.0 Å². The van der Waals surface area contributed by atoms with E-state index in [1.165, 1.54) is 0 Å². The maximum Gasteiger partial charge on any atom is 0.406 e. The third-order valence-electron chi connectivity index (χ3n) is 1.22. The molecule has 0 aromatic carbocycles. The van der Waals surface area contributed by atoms with Crippen molar-refractivity contribution in [1.82, 2.24) is 0 Å². The van der Waals surface area contributed by atoms with Crippen LogP contribution in [0.2, 0.25) is 0 Å². The minimum Gasteiger partial charge on any atom is -0.387 e. The van der Waals surface area contributed by atoms with Gasteiger partial charge in [0.05, 0.1) is 13.2 Å². The van der Waals surface area contributed by atoms with Crippen LogP contribution in [0.1, 0.15) is 6.92 Å². The van der Waals surface area contributed by atoms with Gasteiger partial charge in [-0.2, -0.15) is 14.7 Å². The second-order valence-electron chi connectivity index (χ2n) is 2.64. The lowest BCUT2D eigenvalue weighted by Crippen LogP contribution is -2.21. The lowest BCUT2D eigenvalue weighted by Gasteiger charge is -2.10. The summed E-state index contributed by atoms with van der Waals surface area (Å²) in [6, 6.07) is 0. The van der Waals surface area contributed by atoms with Gasteiger partial charge in [-0.1, -0.05) is 12.2 Å². The number of hydrogen-bond donors (Lipinski definition) is 4. The highest BCUT2D eigenvalue weighted by atomic mass is 31.2. The third-order valence-corrected chi connectivity index (χ3v) is 2.13. The molecule has 0 amide bonds. The molecule has 78 valence electrons. The van der Waals surface area contributed by atoms with Gasteiger partial charge in [-0.25, -0.2) is 0 Å². The molecule has 0 aliphatic rings. The lowest BCUT2D eigenvalue weighted by atomic mass is 10.4. The molecule has 1 atom stereocenters. The Balaban J connectivity index is 3.46. The summed E-state index contributed by atoms with van der Waals surface area (Å²) in [6.45, 7) is 2.18. The van der Waals surface area contributed by atoms with Gasteiger partial charge < -0.3 is 9.84 Å². The Kier molecular flexibility index (Phi) is 6.41. The molecule has 6 heteroatoms. The Morgan fingerprint density at radius 3 is 2.46 bits per heavy atom. The van der Waals surface area contributed by atoms with Crippen molar-refractivity contribution >= 4 is 7.94 Å². The van der Waals surface area contributed by atoms with Crippen LogP contribution in [0.4, 0.5) is 0 Å². The van der Waals surface area contributed by atoms with Gasteiger partial charge in [-0.15, -0.1) is 0 Å². The highest BCUT2D eigenvalue weighted by molar-refractivity contribution is 7.58. The van der Waals surface area contributed by atoms with Crippen LogP contribution in [0.25, 0.3) is 0 Å². The summed E-state index contributed by atoms with van der Waals surface area (Å²) in [6.07, 6.45) is 2.07. The lowest BCUT2D eigenvalue weighted by molar-refractivity contribution is 0.0576. The van der Waals surface area contributed by atoms with E-state index in [1.807, 2.05) is 6.92 Å². The molecule has 0 fully saturated rings. The molecule has 0 aliphatic carbocycles. The molecule has 0 saturated carbocycles. The van der Waals surface area contributed by atoms with Crippen molar-refractivity contribution in [2.75, 3.05) is 19.4 Å². The van der Waals surface area contributed by atoms with Gasteiger partial charge in [-0.3, -0.25) is 0 Å². The van der Waals surface area contributed by atoms with E-state index in [0.717, 1.165) is 0 Å². The quantitative estimate of drug-likeness (QED) is 0.274. The smallest absolute Gasteiger partial charge is 0.387 e. The highest BCUT2D eigenvalue weighted by Gasteiger charge is 2.33. The summed E-state index contributed by atoms with van der Waals surface area (Å²) in [5.41, 5.74) is 0. The zero-order valence-electron chi connectivity index (χ0n) is 7.50. The van der Waals surface area contributed by atoms with Crippen molar-refractivity contribution in [3.05, 3.63) is 12.2 Å². The standard InChI is InChI=1S/C7H16O5P/c1-2-3-4-12-5-7(8)6-13(9,10)11/h2-3,7-11H,4-6H2,1H3/q+1. The number of allylic oxidation sites excluding steroid dienone is 1. The molecule has 0 aromatic heterocycles. The molecular formula is C7H16O5P+. The molecule has 0 heterocycles. The predicted octanol–water partition coefficient (Wildman–Crippen LogP) is -0.321. The van der Waals surface area contributed by atoms with Crippen LogP contribution in [0, 0.1) is 0 Å². The zero-order chi connectivity index (χ0) is 10.3. The number of rotatable bonds is 6. The first kappa shape index (κ1) is 13.0. The number of hydrogen-bond acceptors (Lipinski definition) is 5. The zero-order valence-corrected chi connectivity index (χ0v) is 8.39. The highest BCUT2D eigenvalue weighted by Crippen LogP contribution is 2.44. The molecule has 0 saturated heterocycles. The maximum absolute atomic E-state index is 9.08. The Morgan fingerprint density at radius 2 is 2.00 bits per heavy atom. The van der Waals surface area contributed by atoms with E-state index in [0.29, 0.717) is 6.61 Å². The fraction of sp³-hybridized carbons (Fsp3) is 0.714. The van der Waals surface area contributed by atoms with Crippen molar-refractivity contribution in [1.29, 1.82) is 0 Å². The number of aliphatic hydroxyl groups excluding tert-OH is 1. The van der Waals surface area contributed by atoms with E-state index < -0.39 is 20.2 Å². The van der Waals surface area contributed by atoms with Crippen LogP contribution in [-0.4, -0.2) is 45.3 Å². The van der Waals surface area contributed by atoms with Gasteiger partial charge >= 0.3 is 7.94 Å². The summed E-state index contributed by atoms with van der Waals surface area (Å²) < 4.78 is 4.93. The van der Waals surface area contributed by atoms with E-state index in [9.17, 15) is 0 Å². The van der Waals surface area contributed by atoms with Crippen LogP contribution in [0.5, 0.6) is 0 Å². The summed E-state index contributed by atoms with van der Waals surface area (Å²) >= 11 is 0. The monoisotopic (exact) mass is 211 g/mol. The van der Waals surface area contributed by atoms with E-state index in [1.54, 1.807) is 12.2 Å². The molecule has 0 aromatic rings. The summed E-state index contributed by atoms with van der Waals surface area (Å²) in [5, 5.41) is 9.08. The van der Waals surface area contributed by atoms with Crippen LogP contribution in [-0.2, 0) is 4.74 Å². The molecule has 0 spiro atoms. The Hall–Kier alpha value is -0.0300. The second-order valence-corrected chi connectivity index (χ2v) is 4.39. The van der Waals surface area contributed by atoms with Crippen molar-refractivity contribution in [3.8, 4) is 0 Å². The molecule has 5 nitrogen and oxygen atoms in total. The Morgan fingerprint density at radius 1 is 1.38 bits per heavy atom. The second kappa shape index (κ2) is 6.43. The summed E-state index contributed by atoms with van der Waals surface area (Å²) in [5.74, 6) is 0. The predicted molar refractivity (Wildman–Crippen MR) is 50.1 cm³/mol. The molecule has 1 unspecified atom stereocenters. The summed E-state index contributed by atoms with van der Waals surface area (Å²) in [7, 11) is -3.88. The van der Waals surface area contributed by atoms with Crippen LogP contribution in [0.3, 0.4) is 0 Å². The first-order chi connectivity index (χ1) is 5.95. The molecule has 0 aliphatic heterocycles. The van der Waals surface area contributed by atoms with Crippen molar-refractivity contribution < 1.29 is 24.5 Å². The van der Waals surface area contributed by atoms with Gasteiger partial charge in [0.1, 0.15) is 6.10 Å². The fourth-order valence-corrected chi connectivity index (χ4v) is 1.37. The third kappa shape index (κ3) is 9.89. The maximum atomic E-state index is 9.08. The van der Waals surface area contributed by atoms with Crippen LogP contribution in [0.15, 0.2) is 12.2 Å². The fourth-order valence-electron chi connectivity index (χ4n) is 0.704. The first-order valence-corrected chi connectivity index (χ1v) is 5.72. The van der Waals surface area contributed by atoms with Gasteiger partial charge in [0.2, 0.25) is 0 Å². The van der Waals surface area contributed by atoms with E-state index in [2.05, 4.69) is 0 Å². The topological polar surface area (TPSA) is 90.2 Å². The molecular weight excluding hydrogens is 195 g/mol. The Bertz CT molecular complexity index is 153. The average molecular weight is 211 g/mol. The SMILES string of the molecule is CC=CCOCC(O)C[P+](O)(O)O. The molecule has 13 heavy (non-hydrogen) atoms. The summed E-state index contributed by atoms with van der Waals surface area (Å²) in [4.78, 5) is 25.8. The molecule has 4 N–H and O–H groups in total. The van der Waals surface area contributed by atoms with E-state index >= 15 is 0 Å². The number of aliphatic hydroxyl groups is 1. The molecule has 0 rings (SSSR count). The largest absolute Gasteiger partial charge is 0.406 e. The van der Waals surface area contributed by atoms with E-state index in [4.69, 9.17) is 24.5 Å². The Labute approximate surface area is 77.9 Å². The van der Waals surface area contributed by atoms with Crippen molar-refractivity contribution in [3.63, 3.8) is 0 Å². The first-order valence-electron chi connectivity index (χ1n) is 3.89. The van der Waals surface area contributed by atoms with Gasteiger partial charge in [0.15, 0.2) is 6.16 Å². The van der Waals surface area contributed by atoms with Gasteiger partial charge in [0, 0.05) is 0 Å². The molecule has 0 bridgehead atoms. The average Bonchev–Trinajstić information content (AvgIpc) is 1.94. The van der Waals surface area contributed by atoms with Gasteiger partial charge in [-0.05, 0) is 6.92 Å². The van der Waals surface area contributed by atoms with Gasteiger partial charge in [0.25, 0.3) is 0 Å². The minimum absolute atomic E-state index is 0.0201. The van der Waals surface area contributed by atoms with E-state index in [-0.39, 0.29) is 6.61 Å². The van der Waals surface area contributed by atoms with Crippen LogP contribution >= 0.6 is 7.94 Å². The van der Waals surface area contributed by atoms with Crippen molar-refractivity contribution in [2.24, 2.45) is 0 Å². The minimum atomic E-state index is -3.88. The molecule has 0 radical (unpaired) electrons. The number of ether oxygens (including phenoxy) is 1. The van der Waals surface area contributed by atoms with Crippen LogP contribution < -0.4 is 0 Å². The normalized spacial score (nSPS) is 15.2.